The van der Waals surface area contributed by atoms with E-state index in [1.54, 1.807) is 0 Å². The number of rotatable bonds is 43. The Balaban J connectivity index is 3.57. The van der Waals surface area contributed by atoms with Crippen molar-refractivity contribution in [2.45, 2.75) is 257 Å². The summed E-state index contributed by atoms with van der Waals surface area (Å²) in [6, 6.07) is -0.583. The molecule has 2 atom stereocenters. The lowest BCUT2D eigenvalue weighted by molar-refractivity contribution is -0.143. The number of aliphatic hydroxyl groups is 2. The maximum Gasteiger partial charge on any atom is 0.305 e. The van der Waals surface area contributed by atoms with Crippen LogP contribution in [0.5, 0.6) is 0 Å². The van der Waals surface area contributed by atoms with E-state index < -0.39 is 12.1 Å². The minimum Gasteiger partial charge on any atom is -0.466 e. The van der Waals surface area contributed by atoms with Gasteiger partial charge in [-0.3, -0.25) is 9.59 Å². The lowest BCUT2D eigenvalue weighted by Crippen LogP contribution is -2.45. The molecule has 1 amide bonds. The van der Waals surface area contributed by atoms with Crippen LogP contribution in [0.3, 0.4) is 0 Å². The second kappa shape index (κ2) is 44.1. The van der Waals surface area contributed by atoms with Crippen LogP contribution in [0, 0.1) is 0 Å². The lowest BCUT2D eigenvalue weighted by Gasteiger charge is -2.22. The predicted molar refractivity (Wildman–Crippen MR) is 232 cm³/mol. The monoisotopic (exact) mass is 762 g/mol. The molecule has 0 fully saturated rings. The molecule has 0 heterocycles. The van der Waals surface area contributed by atoms with Crippen LogP contribution >= 0.6 is 0 Å². The largest absolute Gasteiger partial charge is 0.466 e. The number of carbonyl (C=O) groups excluding carboxylic acids is 2. The summed E-state index contributed by atoms with van der Waals surface area (Å²) < 4.78 is 5.43. The molecule has 0 bridgehead atoms. The molecule has 54 heavy (non-hydrogen) atoms. The van der Waals surface area contributed by atoms with Crippen LogP contribution < -0.4 is 5.32 Å². The molecule has 3 N–H and O–H groups in total. The topological polar surface area (TPSA) is 95.9 Å². The SMILES string of the molecule is CCCCCCCCCCCCCCCC(O)C(CO)NC(=O)CC/C=C\C/C=C\CCCCCCCCOC(=O)CCCCCCCCCCCCC. The third-order valence-electron chi connectivity index (χ3n) is 10.8. The van der Waals surface area contributed by atoms with Gasteiger partial charge in [-0.1, -0.05) is 212 Å². The van der Waals surface area contributed by atoms with Gasteiger partial charge in [-0.25, -0.2) is 0 Å². The summed E-state index contributed by atoms with van der Waals surface area (Å²) in [5.41, 5.74) is 0. The number of carbonyl (C=O) groups is 2. The number of allylic oxidation sites excluding steroid dienone is 4. The Morgan fingerprint density at radius 3 is 1.44 bits per heavy atom. The average molecular weight is 762 g/mol. The van der Waals surface area contributed by atoms with E-state index in [1.165, 1.54) is 154 Å². The molecule has 0 rings (SSSR count). The molecule has 0 spiro atoms. The number of amides is 1. The molecular weight excluding hydrogens is 671 g/mol. The molecule has 0 aromatic rings. The van der Waals surface area contributed by atoms with E-state index in [0.717, 1.165) is 51.4 Å². The Morgan fingerprint density at radius 2 is 0.944 bits per heavy atom. The summed E-state index contributed by atoms with van der Waals surface area (Å²) in [5.74, 6) is -0.134. The van der Waals surface area contributed by atoms with Gasteiger partial charge < -0.3 is 20.3 Å². The zero-order chi connectivity index (χ0) is 39.4. The summed E-state index contributed by atoms with van der Waals surface area (Å²) in [6.07, 6.45) is 50.0. The first kappa shape index (κ1) is 52.3. The Kier molecular flexibility index (Phi) is 42.7. The molecule has 6 nitrogen and oxygen atoms in total. The van der Waals surface area contributed by atoms with Gasteiger partial charge in [0.15, 0.2) is 0 Å². The molecule has 0 radical (unpaired) electrons. The van der Waals surface area contributed by atoms with E-state index in [-0.39, 0.29) is 18.5 Å². The van der Waals surface area contributed by atoms with Crippen LogP contribution in [0.4, 0.5) is 0 Å². The van der Waals surface area contributed by atoms with Gasteiger partial charge in [0.05, 0.1) is 25.4 Å². The van der Waals surface area contributed by atoms with Crippen molar-refractivity contribution in [1.82, 2.24) is 5.32 Å². The van der Waals surface area contributed by atoms with Crippen molar-refractivity contribution in [3.05, 3.63) is 24.3 Å². The average Bonchev–Trinajstić information content (AvgIpc) is 3.17. The van der Waals surface area contributed by atoms with Gasteiger partial charge in [0.1, 0.15) is 0 Å². The van der Waals surface area contributed by atoms with Crippen LogP contribution in [0.15, 0.2) is 24.3 Å². The smallest absolute Gasteiger partial charge is 0.305 e. The summed E-state index contributed by atoms with van der Waals surface area (Å²) in [5, 5.41) is 23.1. The molecule has 0 aromatic heterocycles. The van der Waals surface area contributed by atoms with Crippen molar-refractivity contribution in [2.75, 3.05) is 13.2 Å². The summed E-state index contributed by atoms with van der Waals surface area (Å²) >= 11 is 0. The quantitative estimate of drug-likeness (QED) is 0.0327. The highest BCUT2D eigenvalue weighted by molar-refractivity contribution is 5.76. The van der Waals surface area contributed by atoms with E-state index >= 15 is 0 Å². The maximum atomic E-state index is 12.4. The normalized spacial score (nSPS) is 12.9. The summed E-state index contributed by atoms with van der Waals surface area (Å²) in [6.45, 7) is 4.87. The van der Waals surface area contributed by atoms with E-state index in [2.05, 4.69) is 37.4 Å². The standard InChI is InChI=1S/C48H91NO5/c1-3-5-7-9-11-13-15-17-21-24-28-32-36-40-46(51)45(44-50)49-47(52)41-37-33-29-25-22-18-16-19-23-27-31-35-39-43-54-48(53)42-38-34-30-26-20-14-12-10-8-6-4-2/h18,22,29,33,45-46,50-51H,3-17,19-21,23-28,30-32,34-44H2,1-2H3,(H,49,52)/b22-18-,33-29-. The van der Waals surface area contributed by atoms with Crippen molar-refractivity contribution in [2.24, 2.45) is 0 Å². The number of hydrogen-bond acceptors (Lipinski definition) is 5. The first-order chi connectivity index (χ1) is 26.5. The van der Waals surface area contributed by atoms with Gasteiger partial charge in [-0.15, -0.1) is 0 Å². The molecule has 0 saturated heterocycles. The van der Waals surface area contributed by atoms with Crippen LogP contribution in [-0.4, -0.2) is 47.4 Å². The number of aliphatic hydroxyl groups excluding tert-OH is 2. The van der Waals surface area contributed by atoms with Crippen molar-refractivity contribution >= 4 is 11.9 Å². The predicted octanol–water partition coefficient (Wildman–Crippen LogP) is 13.6. The van der Waals surface area contributed by atoms with E-state index in [9.17, 15) is 19.8 Å². The Bertz CT molecular complexity index is 843. The summed E-state index contributed by atoms with van der Waals surface area (Å²) in [7, 11) is 0. The Hall–Kier alpha value is -1.66. The highest BCUT2D eigenvalue weighted by Crippen LogP contribution is 2.15. The highest BCUT2D eigenvalue weighted by Gasteiger charge is 2.19. The number of unbranched alkanes of at least 4 members (excludes halogenated alkanes) is 28. The molecule has 0 aliphatic rings. The first-order valence-electron chi connectivity index (χ1n) is 23.6. The van der Waals surface area contributed by atoms with Gasteiger partial charge in [-0.05, 0) is 44.9 Å². The fourth-order valence-corrected chi connectivity index (χ4v) is 7.10. The van der Waals surface area contributed by atoms with Crippen molar-refractivity contribution in [1.29, 1.82) is 0 Å². The van der Waals surface area contributed by atoms with Crippen molar-refractivity contribution < 1.29 is 24.5 Å². The lowest BCUT2D eigenvalue weighted by atomic mass is 10.0. The number of hydrogen-bond donors (Lipinski definition) is 3. The minimum absolute atomic E-state index is 0.0179. The van der Waals surface area contributed by atoms with Crippen LogP contribution in [0.1, 0.15) is 245 Å². The molecule has 0 saturated carbocycles. The molecular formula is C48H91NO5. The van der Waals surface area contributed by atoms with Crippen molar-refractivity contribution in [3.8, 4) is 0 Å². The van der Waals surface area contributed by atoms with Crippen molar-refractivity contribution in [3.63, 3.8) is 0 Å². The van der Waals surface area contributed by atoms with Crippen LogP contribution in [0.25, 0.3) is 0 Å². The van der Waals surface area contributed by atoms with Gasteiger partial charge in [-0.2, -0.15) is 0 Å². The number of ether oxygens (including phenoxy) is 1. The van der Waals surface area contributed by atoms with Gasteiger partial charge in [0.25, 0.3) is 0 Å². The second-order valence-electron chi connectivity index (χ2n) is 16.1. The third kappa shape index (κ3) is 40.0. The maximum absolute atomic E-state index is 12.4. The molecule has 2 unspecified atom stereocenters. The second-order valence-corrected chi connectivity index (χ2v) is 16.1. The van der Waals surface area contributed by atoms with E-state index in [1.807, 2.05) is 6.08 Å². The molecule has 0 aliphatic heterocycles. The fourth-order valence-electron chi connectivity index (χ4n) is 7.10. The van der Waals surface area contributed by atoms with E-state index in [4.69, 9.17) is 4.74 Å². The Labute approximate surface area is 335 Å². The molecule has 318 valence electrons. The Morgan fingerprint density at radius 1 is 0.519 bits per heavy atom. The first-order valence-corrected chi connectivity index (χ1v) is 23.6. The van der Waals surface area contributed by atoms with Crippen LogP contribution in [-0.2, 0) is 14.3 Å². The van der Waals surface area contributed by atoms with Gasteiger partial charge in [0.2, 0.25) is 5.91 Å². The molecule has 6 heteroatoms. The summed E-state index contributed by atoms with van der Waals surface area (Å²) in [4.78, 5) is 24.3. The van der Waals surface area contributed by atoms with Gasteiger partial charge in [0, 0.05) is 12.8 Å². The minimum atomic E-state index is -0.697. The zero-order valence-corrected chi connectivity index (χ0v) is 36.0. The zero-order valence-electron chi connectivity index (χ0n) is 36.0. The van der Waals surface area contributed by atoms with Crippen LogP contribution in [0.2, 0.25) is 0 Å². The molecule has 0 aliphatic carbocycles. The number of nitrogens with one attached hydrogen (secondary N) is 1. The third-order valence-corrected chi connectivity index (χ3v) is 10.8. The highest BCUT2D eigenvalue weighted by atomic mass is 16.5. The van der Waals surface area contributed by atoms with Gasteiger partial charge >= 0.3 is 5.97 Å². The molecule has 0 aromatic carbocycles. The van der Waals surface area contributed by atoms with E-state index in [0.29, 0.717) is 32.3 Å². The fraction of sp³-hybridized carbons (Fsp3) is 0.875. The number of esters is 1.